The molecular formula is C10H21N. The molecule has 1 rings (SSSR count). The van der Waals surface area contributed by atoms with Crippen molar-refractivity contribution in [1.29, 1.82) is 0 Å². The summed E-state index contributed by atoms with van der Waals surface area (Å²) < 4.78 is 0. The quantitative estimate of drug-likeness (QED) is 0.566. The summed E-state index contributed by atoms with van der Waals surface area (Å²) >= 11 is 0. The first kappa shape index (κ1) is 9.05. The van der Waals surface area contributed by atoms with Crippen LogP contribution in [0.4, 0.5) is 0 Å². The summed E-state index contributed by atoms with van der Waals surface area (Å²) in [5, 5.41) is 3.67. The summed E-state index contributed by atoms with van der Waals surface area (Å²) in [6, 6.07) is 0. The molecule has 0 aromatic heterocycles. The van der Waals surface area contributed by atoms with Gasteiger partial charge in [-0.05, 0) is 39.5 Å². The van der Waals surface area contributed by atoms with Crippen molar-refractivity contribution in [3.8, 4) is 0 Å². The minimum atomic E-state index is 0.308. The molecule has 1 heterocycles. The highest BCUT2D eigenvalue weighted by Crippen LogP contribution is 2.40. The zero-order chi connectivity index (χ0) is 8.86. The summed E-state index contributed by atoms with van der Waals surface area (Å²) in [6.45, 7) is 13.9. The van der Waals surface area contributed by atoms with E-state index in [1.54, 1.807) is 0 Å². The Labute approximate surface area is 70.6 Å². The molecule has 0 radical (unpaired) electrons. The second-order valence-corrected chi connectivity index (χ2v) is 5.15. The zero-order valence-electron chi connectivity index (χ0n) is 8.65. The van der Waals surface area contributed by atoms with Gasteiger partial charge < -0.3 is 5.32 Å². The molecule has 0 bridgehead atoms. The maximum Gasteiger partial charge on any atom is 0.0158 e. The lowest BCUT2D eigenvalue weighted by Crippen LogP contribution is -2.45. The van der Waals surface area contributed by atoms with Crippen molar-refractivity contribution in [2.24, 2.45) is 11.8 Å². The van der Waals surface area contributed by atoms with Gasteiger partial charge in [0.05, 0.1) is 0 Å². The molecule has 0 aliphatic carbocycles. The normalized spacial score (nSPS) is 40.9. The maximum atomic E-state index is 3.67. The Balaban J connectivity index is 2.86. The van der Waals surface area contributed by atoms with Gasteiger partial charge in [0.15, 0.2) is 0 Å². The van der Waals surface area contributed by atoms with Gasteiger partial charge in [0, 0.05) is 11.1 Å². The highest BCUT2D eigenvalue weighted by Gasteiger charge is 2.46. The van der Waals surface area contributed by atoms with Crippen LogP contribution in [-0.4, -0.2) is 11.1 Å². The molecule has 1 saturated heterocycles. The van der Waals surface area contributed by atoms with Crippen molar-refractivity contribution in [2.45, 2.75) is 52.6 Å². The van der Waals surface area contributed by atoms with Crippen LogP contribution < -0.4 is 5.32 Å². The lowest BCUT2D eigenvalue weighted by atomic mass is 9.80. The average molecular weight is 155 g/mol. The second-order valence-electron chi connectivity index (χ2n) is 5.15. The van der Waals surface area contributed by atoms with Gasteiger partial charge in [-0.25, -0.2) is 0 Å². The molecule has 66 valence electrons. The van der Waals surface area contributed by atoms with E-state index in [2.05, 4.69) is 46.9 Å². The monoisotopic (exact) mass is 155 g/mol. The van der Waals surface area contributed by atoms with Crippen molar-refractivity contribution >= 4 is 0 Å². The first-order valence-electron chi connectivity index (χ1n) is 4.57. The van der Waals surface area contributed by atoms with E-state index in [0.717, 1.165) is 11.8 Å². The molecule has 0 spiro atoms. The van der Waals surface area contributed by atoms with Crippen LogP contribution in [0, 0.1) is 11.8 Å². The molecular weight excluding hydrogens is 134 g/mol. The molecule has 1 N–H and O–H groups in total. The van der Waals surface area contributed by atoms with Gasteiger partial charge in [-0.2, -0.15) is 0 Å². The van der Waals surface area contributed by atoms with Crippen LogP contribution in [0.15, 0.2) is 0 Å². The van der Waals surface area contributed by atoms with Gasteiger partial charge in [-0.15, -0.1) is 0 Å². The number of rotatable bonds is 0. The topological polar surface area (TPSA) is 12.0 Å². The van der Waals surface area contributed by atoms with Crippen LogP contribution in [-0.2, 0) is 0 Å². The smallest absolute Gasteiger partial charge is 0.0158 e. The predicted octanol–water partition coefficient (Wildman–Crippen LogP) is 2.42. The molecule has 0 aromatic rings. The van der Waals surface area contributed by atoms with Crippen LogP contribution in [0.5, 0.6) is 0 Å². The van der Waals surface area contributed by atoms with Gasteiger partial charge in [0.1, 0.15) is 0 Å². The number of hydrogen-bond donors (Lipinski definition) is 1. The fraction of sp³-hybridized carbons (Fsp3) is 1.00. The standard InChI is InChI=1S/C10H21N/c1-7-8(2)10(5,6)11-9(7,3)4/h7-8,11H,1-6H3/t7-,8?/m1/s1. The Morgan fingerprint density at radius 3 is 1.18 bits per heavy atom. The minimum absolute atomic E-state index is 0.308. The summed E-state index contributed by atoms with van der Waals surface area (Å²) in [5.41, 5.74) is 0.617. The Bertz CT molecular complexity index is 140. The van der Waals surface area contributed by atoms with Crippen molar-refractivity contribution < 1.29 is 0 Å². The molecule has 1 fully saturated rings. The van der Waals surface area contributed by atoms with E-state index < -0.39 is 0 Å². The second kappa shape index (κ2) is 2.22. The molecule has 1 heteroatoms. The minimum Gasteiger partial charge on any atom is -0.306 e. The largest absolute Gasteiger partial charge is 0.306 e. The summed E-state index contributed by atoms with van der Waals surface area (Å²) in [7, 11) is 0. The van der Waals surface area contributed by atoms with Gasteiger partial charge in [0.2, 0.25) is 0 Å². The first-order valence-corrected chi connectivity index (χ1v) is 4.57. The molecule has 0 saturated carbocycles. The highest BCUT2D eigenvalue weighted by molar-refractivity contribution is 5.05. The van der Waals surface area contributed by atoms with E-state index >= 15 is 0 Å². The van der Waals surface area contributed by atoms with E-state index in [9.17, 15) is 0 Å². The van der Waals surface area contributed by atoms with Crippen LogP contribution >= 0.6 is 0 Å². The van der Waals surface area contributed by atoms with E-state index in [1.807, 2.05) is 0 Å². The predicted molar refractivity (Wildman–Crippen MR) is 49.6 cm³/mol. The average Bonchev–Trinajstić information content (AvgIpc) is 1.91. The summed E-state index contributed by atoms with van der Waals surface area (Å²) in [5.74, 6) is 1.52. The summed E-state index contributed by atoms with van der Waals surface area (Å²) in [6.07, 6.45) is 0. The summed E-state index contributed by atoms with van der Waals surface area (Å²) in [4.78, 5) is 0. The Morgan fingerprint density at radius 2 is 1.09 bits per heavy atom. The maximum absolute atomic E-state index is 3.67. The fourth-order valence-electron chi connectivity index (χ4n) is 2.31. The van der Waals surface area contributed by atoms with Gasteiger partial charge in [0.25, 0.3) is 0 Å². The third kappa shape index (κ3) is 1.31. The van der Waals surface area contributed by atoms with Crippen LogP contribution in [0.2, 0.25) is 0 Å². The molecule has 11 heavy (non-hydrogen) atoms. The van der Waals surface area contributed by atoms with Crippen molar-refractivity contribution in [2.75, 3.05) is 0 Å². The Kier molecular flexibility index (Phi) is 1.83. The first-order chi connectivity index (χ1) is 4.77. The molecule has 1 unspecified atom stereocenters. The van der Waals surface area contributed by atoms with E-state index in [4.69, 9.17) is 0 Å². The number of nitrogens with one attached hydrogen (secondary N) is 1. The lowest BCUT2D eigenvalue weighted by Gasteiger charge is -2.26. The number of hydrogen-bond acceptors (Lipinski definition) is 1. The van der Waals surface area contributed by atoms with Crippen LogP contribution in [0.3, 0.4) is 0 Å². The molecule has 2 atom stereocenters. The third-order valence-corrected chi connectivity index (χ3v) is 3.67. The van der Waals surface area contributed by atoms with Crippen LogP contribution in [0.1, 0.15) is 41.5 Å². The van der Waals surface area contributed by atoms with Gasteiger partial charge in [-0.1, -0.05) is 13.8 Å². The molecule has 0 amide bonds. The third-order valence-electron chi connectivity index (χ3n) is 3.67. The molecule has 1 aliphatic heterocycles. The van der Waals surface area contributed by atoms with Crippen molar-refractivity contribution in [1.82, 2.24) is 5.32 Å². The Morgan fingerprint density at radius 1 is 0.818 bits per heavy atom. The molecule has 0 aromatic carbocycles. The fourth-order valence-corrected chi connectivity index (χ4v) is 2.31. The molecule has 1 nitrogen and oxygen atoms in total. The van der Waals surface area contributed by atoms with Crippen molar-refractivity contribution in [3.05, 3.63) is 0 Å². The SMILES string of the molecule is CC1[C@@H](C)C(C)(C)NC1(C)C. The molecule has 1 aliphatic rings. The van der Waals surface area contributed by atoms with E-state index in [0.29, 0.717) is 11.1 Å². The van der Waals surface area contributed by atoms with Crippen LogP contribution in [0.25, 0.3) is 0 Å². The Hall–Kier alpha value is -0.0400. The lowest BCUT2D eigenvalue weighted by molar-refractivity contribution is 0.314. The van der Waals surface area contributed by atoms with Gasteiger partial charge in [-0.3, -0.25) is 0 Å². The zero-order valence-corrected chi connectivity index (χ0v) is 8.65. The highest BCUT2D eigenvalue weighted by atomic mass is 15.1. The van der Waals surface area contributed by atoms with Gasteiger partial charge >= 0.3 is 0 Å². The van der Waals surface area contributed by atoms with E-state index in [-0.39, 0.29) is 0 Å². The van der Waals surface area contributed by atoms with E-state index in [1.165, 1.54) is 0 Å². The van der Waals surface area contributed by atoms with Crippen molar-refractivity contribution in [3.63, 3.8) is 0 Å².